The number of amides is 1. The second-order valence-electron chi connectivity index (χ2n) is 7.47. The zero-order chi connectivity index (χ0) is 25.4. The first-order valence-electron chi connectivity index (χ1n) is 10.6. The predicted octanol–water partition coefficient (Wildman–Crippen LogP) is 3.05. The summed E-state index contributed by atoms with van der Waals surface area (Å²) in [5.74, 6) is -0.350. The number of thioether (sulfide) groups is 1. The van der Waals surface area contributed by atoms with E-state index < -0.39 is 28.2 Å². The van der Waals surface area contributed by atoms with E-state index in [1.807, 2.05) is 36.6 Å². The Labute approximate surface area is 209 Å². The van der Waals surface area contributed by atoms with Crippen molar-refractivity contribution < 1.29 is 22.7 Å². The van der Waals surface area contributed by atoms with E-state index in [4.69, 9.17) is 10.5 Å². The van der Waals surface area contributed by atoms with E-state index in [9.17, 15) is 18.0 Å². The molecule has 35 heavy (non-hydrogen) atoms. The molecule has 0 spiro atoms. The Kier molecular flexibility index (Phi) is 9.04. The molecule has 1 heterocycles. The summed E-state index contributed by atoms with van der Waals surface area (Å²) in [6.07, 6.45) is 3.86. The van der Waals surface area contributed by atoms with Gasteiger partial charge in [0.1, 0.15) is 6.04 Å². The van der Waals surface area contributed by atoms with Crippen LogP contribution in [-0.4, -0.2) is 55.8 Å². The number of nitrogens with one attached hydrogen (secondary N) is 1. The van der Waals surface area contributed by atoms with E-state index >= 15 is 0 Å². The molecule has 0 aliphatic rings. The summed E-state index contributed by atoms with van der Waals surface area (Å²) in [5, 5.41) is 3.82. The van der Waals surface area contributed by atoms with Gasteiger partial charge in [-0.15, -0.1) is 0 Å². The van der Waals surface area contributed by atoms with Crippen molar-refractivity contribution in [3.05, 3.63) is 71.9 Å². The van der Waals surface area contributed by atoms with Crippen molar-refractivity contribution in [3.63, 3.8) is 0 Å². The molecule has 1 atom stereocenters. The zero-order valence-corrected chi connectivity index (χ0v) is 20.9. The first-order chi connectivity index (χ1) is 16.9. The first kappa shape index (κ1) is 26.0. The molecule has 3 aromatic rings. The van der Waals surface area contributed by atoms with Crippen LogP contribution in [0.1, 0.15) is 22.3 Å². The van der Waals surface area contributed by atoms with E-state index in [0.29, 0.717) is 40.1 Å². The van der Waals surface area contributed by atoms with Crippen molar-refractivity contribution in [2.75, 3.05) is 24.9 Å². The number of hydrogen-bond acceptors (Lipinski definition) is 8. The molecule has 2 aromatic carbocycles. The molecule has 0 unspecified atom stereocenters. The van der Waals surface area contributed by atoms with Crippen LogP contribution in [0.5, 0.6) is 0 Å². The molecular formula is C25H25N3O5S2. The van der Waals surface area contributed by atoms with Gasteiger partial charge in [0.05, 0.1) is 18.2 Å². The smallest absolute Gasteiger partial charge is 0.328 e. The summed E-state index contributed by atoms with van der Waals surface area (Å²) in [6, 6.07) is 14.8. The molecule has 1 aromatic heterocycles. The van der Waals surface area contributed by atoms with Gasteiger partial charge in [0, 0.05) is 34.1 Å². The standard InChI is InChI=1S/C25H25N3O5S2/c1-33-25(30)20(12-14-34-2)28-24(29)18-10-11-19(22(26)21(18)16-7-4-3-5-8-16)23-17(15-35(31)32)9-6-13-27-23/h3-11,13,15,20H,12,14,26H2,1-2H3,(H,28,29)/t20-/m0/s1. The number of methoxy groups -OCH3 is 1. The van der Waals surface area contributed by atoms with Crippen LogP contribution in [0.3, 0.4) is 0 Å². The van der Waals surface area contributed by atoms with Crippen molar-refractivity contribution >= 4 is 45.0 Å². The van der Waals surface area contributed by atoms with Gasteiger partial charge in [0.2, 0.25) is 10.3 Å². The molecule has 10 heteroatoms. The molecule has 0 saturated heterocycles. The minimum absolute atomic E-state index is 0.257. The highest BCUT2D eigenvalue weighted by atomic mass is 32.2. The summed E-state index contributed by atoms with van der Waals surface area (Å²) in [7, 11) is -1.16. The van der Waals surface area contributed by atoms with Crippen LogP contribution in [0.25, 0.3) is 22.4 Å². The molecule has 8 nitrogen and oxygen atoms in total. The molecule has 1 amide bonds. The number of ether oxygens (including phenoxy) is 1. The van der Waals surface area contributed by atoms with Crippen molar-refractivity contribution in [2.24, 2.45) is 0 Å². The van der Waals surface area contributed by atoms with Crippen LogP contribution in [0, 0.1) is 0 Å². The minimum Gasteiger partial charge on any atom is -0.467 e. The lowest BCUT2D eigenvalue weighted by molar-refractivity contribution is -0.142. The second-order valence-corrected chi connectivity index (χ2v) is 9.21. The molecule has 0 fully saturated rings. The number of nitrogen functional groups attached to an aromatic ring is 1. The Bertz CT molecular complexity index is 1350. The van der Waals surface area contributed by atoms with Crippen molar-refractivity contribution in [3.8, 4) is 22.4 Å². The van der Waals surface area contributed by atoms with Gasteiger partial charge in [-0.1, -0.05) is 36.4 Å². The topological polar surface area (TPSA) is 128 Å². The van der Waals surface area contributed by atoms with Gasteiger partial charge >= 0.3 is 5.97 Å². The maximum absolute atomic E-state index is 13.4. The number of nitrogens with two attached hydrogens (primary N) is 1. The fraction of sp³-hybridized carbons (Fsp3) is 0.200. The SMILES string of the molecule is COC(=O)[C@H](CCSC)NC(=O)c1ccc(-c2ncccc2C=S(=O)=O)c(N)c1-c1ccccc1. The zero-order valence-electron chi connectivity index (χ0n) is 19.2. The van der Waals surface area contributed by atoms with Crippen LogP contribution in [0.4, 0.5) is 5.69 Å². The van der Waals surface area contributed by atoms with Gasteiger partial charge in [0.25, 0.3) is 5.91 Å². The van der Waals surface area contributed by atoms with Gasteiger partial charge in [-0.05, 0) is 42.2 Å². The number of carbonyl (C=O) groups excluding carboxylic acids is 2. The van der Waals surface area contributed by atoms with Crippen LogP contribution >= 0.6 is 11.8 Å². The number of benzene rings is 2. The van der Waals surface area contributed by atoms with Crippen molar-refractivity contribution in [1.82, 2.24) is 10.3 Å². The molecule has 3 rings (SSSR count). The number of aromatic nitrogens is 1. The Morgan fingerprint density at radius 3 is 2.54 bits per heavy atom. The van der Waals surface area contributed by atoms with E-state index in [1.54, 1.807) is 36.0 Å². The minimum atomic E-state index is -2.44. The number of carbonyl (C=O) groups is 2. The normalized spacial score (nSPS) is 11.4. The average molecular weight is 512 g/mol. The summed E-state index contributed by atoms with van der Waals surface area (Å²) in [4.78, 5) is 29.9. The number of nitrogens with zero attached hydrogens (tertiary/aromatic N) is 1. The fourth-order valence-electron chi connectivity index (χ4n) is 3.64. The third kappa shape index (κ3) is 6.28. The lowest BCUT2D eigenvalue weighted by Gasteiger charge is -2.20. The summed E-state index contributed by atoms with van der Waals surface area (Å²) in [5.41, 5.74) is 9.47. The Hall–Kier alpha value is -3.63. The second kappa shape index (κ2) is 12.2. The molecule has 3 N–H and O–H groups in total. The van der Waals surface area contributed by atoms with Gasteiger partial charge in [-0.3, -0.25) is 9.78 Å². The molecule has 0 saturated carbocycles. The van der Waals surface area contributed by atoms with Gasteiger partial charge in [-0.2, -0.15) is 20.2 Å². The highest BCUT2D eigenvalue weighted by molar-refractivity contribution is 7.98. The molecular weight excluding hydrogens is 486 g/mol. The number of esters is 1. The van der Waals surface area contributed by atoms with Crippen LogP contribution in [0.2, 0.25) is 0 Å². The number of rotatable bonds is 9. The van der Waals surface area contributed by atoms with Gasteiger partial charge < -0.3 is 15.8 Å². The third-order valence-electron chi connectivity index (χ3n) is 5.27. The monoisotopic (exact) mass is 511 g/mol. The largest absolute Gasteiger partial charge is 0.467 e. The van der Waals surface area contributed by atoms with Gasteiger partial charge in [-0.25, -0.2) is 4.79 Å². The number of hydrogen-bond donors (Lipinski definition) is 2. The van der Waals surface area contributed by atoms with Crippen molar-refractivity contribution in [2.45, 2.75) is 12.5 Å². The van der Waals surface area contributed by atoms with Crippen LogP contribution in [0.15, 0.2) is 60.8 Å². The molecule has 182 valence electrons. The molecule has 0 radical (unpaired) electrons. The third-order valence-corrected chi connectivity index (χ3v) is 6.36. The van der Waals surface area contributed by atoms with E-state index in [1.165, 1.54) is 13.3 Å². The van der Waals surface area contributed by atoms with E-state index in [0.717, 1.165) is 5.37 Å². The number of anilines is 1. The molecule has 0 bridgehead atoms. The maximum Gasteiger partial charge on any atom is 0.328 e. The van der Waals surface area contributed by atoms with Crippen molar-refractivity contribution in [1.29, 1.82) is 0 Å². The fourth-order valence-corrected chi connectivity index (χ4v) is 4.50. The quantitative estimate of drug-likeness (QED) is 0.255. The first-order valence-corrected chi connectivity index (χ1v) is 13.1. The summed E-state index contributed by atoms with van der Waals surface area (Å²) >= 11 is 1.56. The highest BCUT2D eigenvalue weighted by Gasteiger charge is 2.25. The Balaban J connectivity index is 2.16. The van der Waals surface area contributed by atoms with Gasteiger partial charge in [0.15, 0.2) is 0 Å². The molecule has 0 aliphatic heterocycles. The van der Waals surface area contributed by atoms with Crippen LogP contribution < -0.4 is 11.1 Å². The van der Waals surface area contributed by atoms with Crippen LogP contribution in [-0.2, 0) is 19.8 Å². The molecule has 0 aliphatic carbocycles. The Morgan fingerprint density at radius 1 is 1.14 bits per heavy atom. The number of pyridine rings is 1. The summed E-state index contributed by atoms with van der Waals surface area (Å²) in [6.45, 7) is 0. The van der Waals surface area contributed by atoms with E-state index in [2.05, 4.69) is 10.3 Å². The average Bonchev–Trinajstić information content (AvgIpc) is 2.86. The lowest BCUT2D eigenvalue weighted by Crippen LogP contribution is -2.42. The summed E-state index contributed by atoms with van der Waals surface area (Å²) < 4.78 is 27.5. The lowest BCUT2D eigenvalue weighted by atomic mass is 9.92. The Morgan fingerprint density at radius 2 is 1.89 bits per heavy atom. The maximum atomic E-state index is 13.4. The van der Waals surface area contributed by atoms with E-state index in [-0.39, 0.29) is 11.3 Å². The predicted molar refractivity (Wildman–Crippen MR) is 140 cm³/mol. The highest BCUT2D eigenvalue weighted by Crippen LogP contribution is 2.37.